The van der Waals surface area contributed by atoms with Gasteiger partial charge in [-0.2, -0.15) is 0 Å². The van der Waals surface area contributed by atoms with Crippen LogP contribution in [0.4, 0.5) is 0 Å². The zero-order valence-electron chi connectivity index (χ0n) is 8.85. The first kappa shape index (κ1) is 9.40. The molecule has 1 aliphatic carbocycles. The van der Waals surface area contributed by atoms with Crippen LogP contribution in [0, 0.1) is 0 Å². The molecule has 2 heteroatoms. The Morgan fingerprint density at radius 2 is 1.75 bits per heavy atom. The second-order valence-corrected chi connectivity index (χ2v) is 4.21. The zero-order valence-corrected chi connectivity index (χ0v) is 8.85. The highest BCUT2D eigenvalue weighted by molar-refractivity contribution is 5.63. The van der Waals surface area contributed by atoms with Crippen molar-refractivity contribution in [3.8, 4) is 11.1 Å². The van der Waals surface area contributed by atoms with Crippen LogP contribution in [0.1, 0.15) is 24.5 Å². The molecule has 1 aliphatic rings. The minimum Gasteiger partial charge on any atom is -0.428 e. The Morgan fingerprint density at radius 1 is 1.00 bits per heavy atom. The van der Waals surface area contributed by atoms with Crippen LogP contribution in [0.25, 0.3) is 11.1 Å². The van der Waals surface area contributed by atoms with Crippen LogP contribution in [-0.2, 0) is 0 Å². The van der Waals surface area contributed by atoms with Gasteiger partial charge in [0.1, 0.15) is 5.76 Å². The van der Waals surface area contributed by atoms with E-state index in [-0.39, 0.29) is 5.63 Å². The molecule has 0 amide bonds. The molecule has 1 aromatic heterocycles. The van der Waals surface area contributed by atoms with E-state index in [0.717, 1.165) is 29.7 Å². The maximum Gasteiger partial charge on any atom is 0.336 e. The fraction of sp³-hybridized carbons (Fsp3) is 0.214. The molecule has 0 radical (unpaired) electrons. The molecule has 3 rings (SSSR count). The van der Waals surface area contributed by atoms with E-state index in [0.29, 0.717) is 5.92 Å². The van der Waals surface area contributed by atoms with E-state index in [2.05, 4.69) is 0 Å². The van der Waals surface area contributed by atoms with Crippen molar-refractivity contribution in [1.82, 2.24) is 0 Å². The van der Waals surface area contributed by atoms with E-state index in [4.69, 9.17) is 4.42 Å². The molecule has 0 aliphatic heterocycles. The molecule has 0 N–H and O–H groups in total. The van der Waals surface area contributed by atoms with Crippen molar-refractivity contribution in [3.63, 3.8) is 0 Å². The van der Waals surface area contributed by atoms with Gasteiger partial charge in [-0.1, -0.05) is 30.3 Å². The molecule has 1 saturated carbocycles. The molecule has 1 heterocycles. The highest BCUT2D eigenvalue weighted by atomic mass is 16.4. The van der Waals surface area contributed by atoms with E-state index in [1.54, 1.807) is 6.07 Å². The molecule has 1 fully saturated rings. The van der Waals surface area contributed by atoms with Gasteiger partial charge in [0.15, 0.2) is 0 Å². The van der Waals surface area contributed by atoms with Crippen LogP contribution in [0.15, 0.2) is 51.7 Å². The fourth-order valence-electron chi connectivity index (χ4n) is 1.86. The smallest absolute Gasteiger partial charge is 0.336 e. The van der Waals surface area contributed by atoms with E-state index in [1.807, 2.05) is 36.4 Å². The minimum atomic E-state index is -0.247. The lowest BCUT2D eigenvalue weighted by molar-refractivity contribution is 0.462. The molecule has 16 heavy (non-hydrogen) atoms. The number of hydrogen-bond acceptors (Lipinski definition) is 2. The summed E-state index contributed by atoms with van der Waals surface area (Å²) in [5.74, 6) is 1.31. The van der Waals surface area contributed by atoms with E-state index in [1.165, 1.54) is 0 Å². The van der Waals surface area contributed by atoms with Gasteiger partial charge in [-0.15, -0.1) is 0 Å². The van der Waals surface area contributed by atoms with Gasteiger partial charge < -0.3 is 4.42 Å². The van der Waals surface area contributed by atoms with Crippen LogP contribution < -0.4 is 5.63 Å². The van der Waals surface area contributed by atoms with Crippen molar-refractivity contribution >= 4 is 0 Å². The topological polar surface area (TPSA) is 30.2 Å². The maximum absolute atomic E-state index is 11.4. The normalized spacial score (nSPS) is 15.0. The lowest BCUT2D eigenvalue weighted by Gasteiger charge is -2.02. The molecular formula is C14H12O2. The van der Waals surface area contributed by atoms with Gasteiger partial charge in [0, 0.05) is 12.0 Å². The Hall–Kier alpha value is -1.83. The summed E-state index contributed by atoms with van der Waals surface area (Å²) in [5, 5.41) is 0. The van der Waals surface area contributed by atoms with E-state index >= 15 is 0 Å². The van der Waals surface area contributed by atoms with E-state index < -0.39 is 0 Å². The summed E-state index contributed by atoms with van der Waals surface area (Å²) in [6.45, 7) is 0. The Kier molecular flexibility index (Phi) is 2.13. The largest absolute Gasteiger partial charge is 0.428 e. The molecule has 2 nitrogen and oxygen atoms in total. The van der Waals surface area contributed by atoms with Gasteiger partial charge in [0.25, 0.3) is 0 Å². The first-order chi connectivity index (χ1) is 7.83. The predicted molar refractivity (Wildman–Crippen MR) is 62.4 cm³/mol. The predicted octanol–water partition coefficient (Wildman–Crippen LogP) is 3.18. The molecule has 0 atom stereocenters. The molecule has 0 bridgehead atoms. The zero-order chi connectivity index (χ0) is 11.0. The van der Waals surface area contributed by atoms with Crippen molar-refractivity contribution in [1.29, 1.82) is 0 Å². The highest BCUT2D eigenvalue weighted by Crippen LogP contribution is 2.40. The summed E-state index contributed by atoms with van der Waals surface area (Å²) in [5.41, 5.74) is 1.78. The molecule has 2 aromatic rings. The SMILES string of the molecule is O=c1cc(-c2ccccc2)cc(C2CC2)o1. The number of hydrogen-bond donors (Lipinski definition) is 0. The molecule has 80 valence electrons. The van der Waals surface area contributed by atoms with Crippen molar-refractivity contribution in [2.45, 2.75) is 18.8 Å². The standard InChI is InChI=1S/C14H12O2/c15-14-9-12(10-4-2-1-3-5-10)8-13(16-14)11-6-7-11/h1-5,8-9,11H,6-7H2. The van der Waals surface area contributed by atoms with E-state index in [9.17, 15) is 4.79 Å². The second-order valence-electron chi connectivity index (χ2n) is 4.21. The lowest BCUT2D eigenvalue weighted by atomic mass is 10.1. The van der Waals surface area contributed by atoms with Crippen LogP contribution in [0.2, 0.25) is 0 Å². The van der Waals surface area contributed by atoms with Crippen molar-refractivity contribution in [2.75, 3.05) is 0 Å². The van der Waals surface area contributed by atoms with Crippen LogP contribution >= 0.6 is 0 Å². The van der Waals surface area contributed by atoms with Gasteiger partial charge in [-0.25, -0.2) is 4.79 Å². The van der Waals surface area contributed by atoms with Gasteiger partial charge in [-0.05, 0) is 30.0 Å². The van der Waals surface area contributed by atoms with Crippen molar-refractivity contribution in [3.05, 3.63) is 58.6 Å². The van der Waals surface area contributed by atoms with Crippen LogP contribution in [0.3, 0.4) is 0 Å². The third-order valence-electron chi connectivity index (χ3n) is 2.88. The minimum absolute atomic E-state index is 0.247. The summed E-state index contributed by atoms with van der Waals surface area (Å²) in [4.78, 5) is 11.4. The average Bonchev–Trinajstić information content (AvgIpc) is 3.13. The Labute approximate surface area is 93.5 Å². The Bertz CT molecular complexity index is 550. The number of rotatable bonds is 2. The third kappa shape index (κ3) is 1.78. The summed E-state index contributed by atoms with van der Waals surface area (Å²) >= 11 is 0. The Morgan fingerprint density at radius 3 is 2.44 bits per heavy atom. The quantitative estimate of drug-likeness (QED) is 0.765. The molecule has 0 unspecified atom stereocenters. The summed E-state index contributed by atoms with van der Waals surface area (Å²) in [6, 6.07) is 13.5. The fourth-order valence-corrected chi connectivity index (χ4v) is 1.86. The maximum atomic E-state index is 11.4. The first-order valence-electron chi connectivity index (χ1n) is 5.53. The molecule has 1 aromatic carbocycles. The molecular weight excluding hydrogens is 200 g/mol. The van der Waals surface area contributed by atoms with Gasteiger partial charge in [0.05, 0.1) is 0 Å². The lowest BCUT2D eigenvalue weighted by Crippen LogP contribution is -1.99. The second kappa shape index (κ2) is 3.63. The monoisotopic (exact) mass is 212 g/mol. The summed E-state index contributed by atoms with van der Waals surface area (Å²) in [6.07, 6.45) is 2.28. The van der Waals surface area contributed by atoms with Gasteiger partial charge in [0.2, 0.25) is 0 Å². The van der Waals surface area contributed by atoms with Gasteiger partial charge in [-0.3, -0.25) is 0 Å². The van der Waals surface area contributed by atoms with Crippen molar-refractivity contribution < 1.29 is 4.42 Å². The molecule has 0 saturated heterocycles. The van der Waals surface area contributed by atoms with Gasteiger partial charge >= 0.3 is 5.63 Å². The average molecular weight is 212 g/mol. The first-order valence-corrected chi connectivity index (χ1v) is 5.53. The Balaban J connectivity index is 2.10. The van der Waals surface area contributed by atoms with Crippen LogP contribution in [-0.4, -0.2) is 0 Å². The van der Waals surface area contributed by atoms with Crippen molar-refractivity contribution in [2.24, 2.45) is 0 Å². The summed E-state index contributed by atoms with van der Waals surface area (Å²) in [7, 11) is 0. The summed E-state index contributed by atoms with van der Waals surface area (Å²) < 4.78 is 5.21. The third-order valence-corrected chi connectivity index (χ3v) is 2.88. The molecule has 0 spiro atoms. The van der Waals surface area contributed by atoms with Crippen LogP contribution in [0.5, 0.6) is 0 Å². The highest BCUT2D eigenvalue weighted by Gasteiger charge is 2.26. The number of benzene rings is 1.